The summed E-state index contributed by atoms with van der Waals surface area (Å²) in [4.78, 5) is 30.2. The Labute approximate surface area is 228 Å². The number of esters is 1. The molecular formula is C30H31ClN2O5. The van der Waals surface area contributed by atoms with E-state index in [-0.39, 0.29) is 18.4 Å². The highest BCUT2D eigenvalue weighted by atomic mass is 35.5. The number of allylic oxidation sites excluding steroid dienone is 2. The first-order valence-corrected chi connectivity index (χ1v) is 12.3. The summed E-state index contributed by atoms with van der Waals surface area (Å²) >= 11 is 6.72. The molecule has 38 heavy (non-hydrogen) atoms. The predicted octanol–water partition coefficient (Wildman–Crippen LogP) is 6.60. The molecule has 0 radical (unpaired) electrons. The van der Waals surface area contributed by atoms with Crippen molar-refractivity contribution in [3.63, 3.8) is 0 Å². The molecule has 0 aliphatic rings. The summed E-state index contributed by atoms with van der Waals surface area (Å²) < 4.78 is 17.0. The minimum atomic E-state index is -1.07. The minimum absolute atomic E-state index is 0.199. The second-order valence-electron chi connectivity index (χ2n) is 7.55. The van der Waals surface area contributed by atoms with Crippen LogP contribution in [0.4, 0.5) is 0 Å². The highest BCUT2D eigenvalue weighted by Crippen LogP contribution is 2.36. The zero-order valence-corrected chi connectivity index (χ0v) is 22.3. The number of hydrogen-bond donors (Lipinski definition) is 0. The van der Waals surface area contributed by atoms with E-state index in [1.165, 1.54) is 0 Å². The van der Waals surface area contributed by atoms with Gasteiger partial charge in [-0.2, -0.15) is 0 Å². The molecule has 0 aliphatic heterocycles. The zero-order chi connectivity index (χ0) is 27.9. The summed E-state index contributed by atoms with van der Waals surface area (Å²) in [6, 6.07) is 16.7. The van der Waals surface area contributed by atoms with Crippen LogP contribution in [0.5, 0.6) is 5.75 Å². The van der Waals surface area contributed by atoms with Crippen molar-refractivity contribution < 1.29 is 23.8 Å². The van der Waals surface area contributed by atoms with Gasteiger partial charge < -0.3 is 19.0 Å². The Hall–Kier alpha value is -4.07. The molecule has 0 saturated carbocycles. The van der Waals surface area contributed by atoms with Gasteiger partial charge >= 0.3 is 5.97 Å². The Balaban J connectivity index is 0.00000247. The van der Waals surface area contributed by atoms with Crippen LogP contribution in [-0.4, -0.2) is 42.5 Å². The number of carbonyl (C=O) groups excluding carboxylic acids is 2. The van der Waals surface area contributed by atoms with Gasteiger partial charge in [-0.1, -0.05) is 85.5 Å². The maximum atomic E-state index is 12.9. The summed E-state index contributed by atoms with van der Waals surface area (Å²) in [7, 11) is 0. The molecular weight excluding hydrogens is 504 g/mol. The normalized spacial score (nSPS) is 11.5. The molecule has 3 rings (SSSR count). The van der Waals surface area contributed by atoms with Crippen molar-refractivity contribution in [3.8, 4) is 28.3 Å². The van der Waals surface area contributed by atoms with Gasteiger partial charge in [0.25, 0.3) is 0 Å². The SMILES string of the molecule is C=C/C=C(\C=C)COc1cccc(-c2nc(Cl)c(-c3ccccc3)c(C(OCC)C(=O)OCC)n2)c1.C=O. The van der Waals surface area contributed by atoms with Gasteiger partial charge in [0, 0.05) is 17.7 Å². The largest absolute Gasteiger partial charge is 0.489 e. The lowest BCUT2D eigenvalue weighted by Gasteiger charge is -2.20. The van der Waals surface area contributed by atoms with E-state index in [0.717, 1.165) is 11.1 Å². The first-order valence-electron chi connectivity index (χ1n) is 11.9. The third-order valence-electron chi connectivity index (χ3n) is 5.13. The number of benzene rings is 2. The minimum Gasteiger partial charge on any atom is -0.489 e. The molecule has 1 aromatic heterocycles. The molecule has 0 spiro atoms. The molecule has 1 atom stereocenters. The second kappa shape index (κ2) is 15.9. The molecule has 7 nitrogen and oxygen atoms in total. The molecule has 0 fully saturated rings. The van der Waals surface area contributed by atoms with Crippen LogP contribution in [0.15, 0.2) is 91.6 Å². The first-order chi connectivity index (χ1) is 18.5. The molecule has 1 unspecified atom stereocenters. The van der Waals surface area contributed by atoms with Gasteiger partial charge in [-0.3, -0.25) is 0 Å². The number of carbonyl (C=O) groups is 2. The molecule has 0 N–H and O–H groups in total. The molecule has 0 bridgehead atoms. The van der Waals surface area contributed by atoms with E-state index in [4.69, 9.17) is 35.6 Å². The van der Waals surface area contributed by atoms with E-state index in [1.54, 1.807) is 26.0 Å². The maximum Gasteiger partial charge on any atom is 0.341 e. The number of halogens is 1. The van der Waals surface area contributed by atoms with Gasteiger partial charge in [0.05, 0.1) is 12.3 Å². The van der Waals surface area contributed by atoms with Crippen molar-refractivity contribution >= 4 is 24.4 Å². The fraction of sp³-hybridized carbons (Fsp3) is 0.200. The highest BCUT2D eigenvalue weighted by molar-refractivity contribution is 6.32. The van der Waals surface area contributed by atoms with Crippen molar-refractivity contribution in [1.82, 2.24) is 9.97 Å². The van der Waals surface area contributed by atoms with E-state index in [0.29, 0.717) is 35.0 Å². The summed E-state index contributed by atoms with van der Waals surface area (Å²) in [6.45, 7) is 13.9. The molecule has 3 aromatic rings. The molecule has 1 heterocycles. The third kappa shape index (κ3) is 7.96. The van der Waals surface area contributed by atoms with Crippen LogP contribution < -0.4 is 4.74 Å². The van der Waals surface area contributed by atoms with Crippen LogP contribution in [0.25, 0.3) is 22.5 Å². The Morgan fingerprint density at radius 2 is 1.71 bits per heavy atom. The average Bonchev–Trinajstić information content (AvgIpc) is 2.95. The number of rotatable bonds is 12. The van der Waals surface area contributed by atoms with Gasteiger partial charge in [0.2, 0.25) is 0 Å². The Kier molecular flexibility index (Phi) is 12.6. The fourth-order valence-corrected chi connectivity index (χ4v) is 3.79. The lowest BCUT2D eigenvalue weighted by molar-refractivity contribution is -0.157. The van der Waals surface area contributed by atoms with Crippen molar-refractivity contribution in [3.05, 3.63) is 102 Å². The van der Waals surface area contributed by atoms with Crippen molar-refractivity contribution in [2.45, 2.75) is 20.0 Å². The standard InChI is InChI=1S/C29H29ClN2O4.CH2O/c1-5-13-20(6-2)19-36-23-17-12-16-22(18-23)28-31-25(26(34-7-3)29(33)35-8-4)24(27(30)32-28)21-14-10-9-11-15-21;1-2/h5-6,9-18,26H,1-2,7-8,19H2,3-4H3;1H2/b20-13+;. The Morgan fingerprint density at radius 1 is 1.00 bits per heavy atom. The molecule has 0 amide bonds. The molecule has 8 heteroatoms. The lowest BCUT2D eigenvalue weighted by Crippen LogP contribution is -2.21. The van der Waals surface area contributed by atoms with E-state index in [9.17, 15) is 4.79 Å². The molecule has 0 aliphatic carbocycles. The van der Waals surface area contributed by atoms with Gasteiger partial charge in [0.1, 0.15) is 24.3 Å². The summed E-state index contributed by atoms with van der Waals surface area (Å²) in [6.07, 6.45) is 4.16. The third-order valence-corrected chi connectivity index (χ3v) is 5.40. The van der Waals surface area contributed by atoms with Gasteiger partial charge in [0.15, 0.2) is 11.9 Å². The van der Waals surface area contributed by atoms with Crippen molar-refractivity contribution in [1.29, 1.82) is 0 Å². The van der Waals surface area contributed by atoms with Crippen LogP contribution in [0, 0.1) is 0 Å². The van der Waals surface area contributed by atoms with Gasteiger partial charge in [-0.15, -0.1) is 0 Å². The van der Waals surface area contributed by atoms with Crippen LogP contribution in [0.1, 0.15) is 25.6 Å². The number of hydrogen-bond acceptors (Lipinski definition) is 7. The summed E-state index contributed by atoms with van der Waals surface area (Å²) in [5, 5.41) is 0.199. The van der Waals surface area contributed by atoms with Crippen molar-refractivity contribution in [2.75, 3.05) is 19.8 Å². The summed E-state index contributed by atoms with van der Waals surface area (Å²) in [5.74, 6) is 0.407. The maximum absolute atomic E-state index is 12.9. The van der Waals surface area contributed by atoms with Crippen LogP contribution >= 0.6 is 11.6 Å². The number of ether oxygens (including phenoxy) is 3. The molecule has 198 valence electrons. The first kappa shape index (κ1) is 30.2. The Morgan fingerprint density at radius 3 is 2.34 bits per heavy atom. The summed E-state index contributed by atoms with van der Waals surface area (Å²) in [5.41, 5.74) is 3.18. The fourth-order valence-electron chi connectivity index (χ4n) is 3.50. The lowest BCUT2D eigenvalue weighted by atomic mass is 10.0. The second-order valence-corrected chi connectivity index (χ2v) is 7.91. The monoisotopic (exact) mass is 534 g/mol. The average molecular weight is 535 g/mol. The van der Waals surface area contributed by atoms with E-state index in [1.807, 2.05) is 67.5 Å². The van der Waals surface area contributed by atoms with Crippen LogP contribution in [-0.2, 0) is 19.1 Å². The smallest absolute Gasteiger partial charge is 0.341 e. The molecule has 2 aromatic carbocycles. The van der Waals surface area contributed by atoms with Gasteiger partial charge in [-0.05, 0) is 37.1 Å². The van der Waals surface area contributed by atoms with E-state index >= 15 is 0 Å². The Bertz CT molecular complexity index is 1260. The van der Waals surface area contributed by atoms with E-state index in [2.05, 4.69) is 18.1 Å². The van der Waals surface area contributed by atoms with E-state index < -0.39 is 12.1 Å². The highest BCUT2D eigenvalue weighted by Gasteiger charge is 2.30. The number of aromatic nitrogens is 2. The van der Waals surface area contributed by atoms with Crippen molar-refractivity contribution in [2.24, 2.45) is 0 Å². The topological polar surface area (TPSA) is 87.6 Å². The predicted molar refractivity (Wildman–Crippen MR) is 150 cm³/mol. The van der Waals surface area contributed by atoms with Gasteiger partial charge in [-0.25, -0.2) is 14.8 Å². The number of nitrogens with zero attached hydrogens (tertiary/aromatic N) is 2. The molecule has 0 saturated heterocycles. The quantitative estimate of drug-likeness (QED) is 0.147. The zero-order valence-electron chi connectivity index (χ0n) is 21.6. The van der Waals surface area contributed by atoms with Crippen LogP contribution in [0.2, 0.25) is 5.15 Å². The van der Waals surface area contributed by atoms with Crippen LogP contribution in [0.3, 0.4) is 0 Å².